The van der Waals surface area contributed by atoms with Crippen molar-refractivity contribution in [3.05, 3.63) is 34.1 Å². The Bertz CT molecular complexity index is 540. The van der Waals surface area contributed by atoms with Crippen LogP contribution in [0.25, 0.3) is 0 Å². The molecule has 4 nitrogen and oxygen atoms in total. The number of hydrogen-bond acceptors (Lipinski definition) is 3. The van der Waals surface area contributed by atoms with E-state index in [9.17, 15) is 14.3 Å². The molecule has 2 rings (SSSR count). The van der Waals surface area contributed by atoms with Gasteiger partial charge in [-0.15, -0.1) is 0 Å². The van der Waals surface area contributed by atoms with Crippen molar-refractivity contribution in [2.75, 3.05) is 13.2 Å². The van der Waals surface area contributed by atoms with E-state index in [4.69, 9.17) is 4.74 Å². The number of carbonyl (C=O) groups excluding carboxylic acids is 1. The molecular formula is C15H19BrFNO3. The van der Waals surface area contributed by atoms with Crippen LogP contribution >= 0.6 is 15.9 Å². The summed E-state index contributed by atoms with van der Waals surface area (Å²) in [4.78, 5) is 11.6. The molecule has 0 radical (unpaired) electrons. The van der Waals surface area contributed by atoms with Gasteiger partial charge in [-0.1, -0.05) is 22.9 Å². The lowest BCUT2D eigenvalue weighted by atomic mass is 9.77. The van der Waals surface area contributed by atoms with E-state index in [1.807, 2.05) is 6.92 Å². The van der Waals surface area contributed by atoms with Crippen LogP contribution in [-0.4, -0.2) is 30.3 Å². The molecule has 3 atom stereocenters. The summed E-state index contributed by atoms with van der Waals surface area (Å²) in [6, 6.07) is 4.58. The number of rotatable bonds is 4. The molecule has 1 heterocycles. The number of nitrogens with one attached hydrogen (secondary N) is 1. The zero-order valence-corrected chi connectivity index (χ0v) is 13.6. The summed E-state index contributed by atoms with van der Waals surface area (Å²) in [5, 5.41) is 12.6. The summed E-state index contributed by atoms with van der Waals surface area (Å²) in [7, 11) is 0. The van der Waals surface area contributed by atoms with E-state index >= 15 is 0 Å². The molecule has 1 aliphatic rings. The second-order valence-corrected chi connectivity index (χ2v) is 6.24. The van der Waals surface area contributed by atoms with E-state index < -0.39 is 17.3 Å². The van der Waals surface area contributed by atoms with Crippen molar-refractivity contribution < 1.29 is 19.0 Å². The first kappa shape index (κ1) is 16.4. The fourth-order valence-electron chi connectivity index (χ4n) is 3.08. The predicted octanol–water partition coefficient (Wildman–Crippen LogP) is 2.34. The van der Waals surface area contributed by atoms with Gasteiger partial charge >= 0.3 is 0 Å². The third kappa shape index (κ3) is 2.98. The number of halogens is 2. The Hall–Kier alpha value is -0.980. The topological polar surface area (TPSA) is 58.6 Å². The molecule has 0 saturated carbocycles. The van der Waals surface area contributed by atoms with Crippen LogP contribution in [0.5, 0.6) is 0 Å². The van der Waals surface area contributed by atoms with E-state index in [0.717, 1.165) is 0 Å². The van der Waals surface area contributed by atoms with E-state index in [0.29, 0.717) is 16.5 Å². The fourth-order valence-corrected chi connectivity index (χ4v) is 3.44. The minimum Gasteiger partial charge on any atom is -0.396 e. The van der Waals surface area contributed by atoms with Gasteiger partial charge in [0.25, 0.3) is 0 Å². The SMILES string of the molecule is CC[C@H]1OC[C@@](NC(C)=O)(c2cc(Br)ccc2F)[C@@H]1CO. The average Bonchev–Trinajstić information content (AvgIpc) is 2.79. The number of benzene rings is 1. The molecule has 1 saturated heterocycles. The van der Waals surface area contributed by atoms with Gasteiger partial charge in [0.05, 0.1) is 24.9 Å². The van der Waals surface area contributed by atoms with Crippen molar-refractivity contribution in [3.63, 3.8) is 0 Å². The number of aliphatic hydroxyl groups is 1. The van der Waals surface area contributed by atoms with Crippen molar-refractivity contribution in [1.82, 2.24) is 5.32 Å². The number of hydrogen-bond donors (Lipinski definition) is 2. The highest BCUT2D eigenvalue weighted by Gasteiger charge is 2.51. The fraction of sp³-hybridized carbons (Fsp3) is 0.533. The Kier molecular flexibility index (Phi) is 5.01. The minimum atomic E-state index is -1.05. The Morgan fingerprint density at radius 1 is 1.62 bits per heavy atom. The molecule has 0 unspecified atom stereocenters. The molecule has 0 aromatic heterocycles. The molecule has 2 N–H and O–H groups in total. The summed E-state index contributed by atoms with van der Waals surface area (Å²) >= 11 is 3.33. The Morgan fingerprint density at radius 2 is 2.33 bits per heavy atom. The largest absolute Gasteiger partial charge is 0.396 e. The summed E-state index contributed by atoms with van der Waals surface area (Å²) in [6.07, 6.45) is 0.461. The van der Waals surface area contributed by atoms with Gasteiger partial charge in [-0.05, 0) is 24.6 Å². The van der Waals surface area contributed by atoms with E-state index in [2.05, 4.69) is 21.2 Å². The smallest absolute Gasteiger partial charge is 0.217 e. The summed E-state index contributed by atoms with van der Waals surface area (Å²) in [5.41, 5.74) is -0.711. The lowest BCUT2D eigenvalue weighted by molar-refractivity contribution is -0.121. The highest BCUT2D eigenvalue weighted by Crippen LogP contribution is 2.42. The highest BCUT2D eigenvalue weighted by atomic mass is 79.9. The molecule has 0 aliphatic carbocycles. The first-order valence-corrected chi connectivity index (χ1v) is 7.70. The second-order valence-electron chi connectivity index (χ2n) is 5.32. The van der Waals surface area contributed by atoms with Crippen LogP contribution in [0.2, 0.25) is 0 Å². The van der Waals surface area contributed by atoms with Gasteiger partial charge in [-0.25, -0.2) is 4.39 Å². The van der Waals surface area contributed by atoms with Crippen LogP contribution < -0.4 is 5.32 Å². The Labute approximate surface area is 131 Å². The van der Waals surface area contributed by atoms with Gasteiger partial charge in [0.15, 0.2) is 0 Å². The number of carbonyl (C=O) groups is 1. The van der Waals surface area contributed by atoms with Gasteiger partial charge in [-0.2, -0.15) is 0 Å². The molecule has 1 aromatic rings. The van der Waals surface area contributed by atoms with Gasteiger partial charge in [0.2, 0.25) is 5.91 Å². The normalized spacial score (nSPS) is 28.6. The van der Waals surface area contributed by atoms with Gasteiger partial charge < -0.3 is 15.2 Å². The molecule has 0 bridgehead atoms. The molecule has 116 valence electrons. The second kappa shape index (κ2) is 6.42. The molecule has 1 amide bonds. The van der Waals surface area contributed by atoms with Crippen LogP contribution in [-0.2, 0) is 15.1 Å². The standard InChI is InChI=1S/C15H19BrFNO3/c1-3-14-12(7-19)15(8-21-14,18-9(2)20)11-6-10(16)4-5-13(11)17/h4-6,12,14,19H,3,7-8H2,1-2H3,(H,18,20)/t12-,14-,15-/m1/s1. The number of amides is 1. The van der Waals surface area contributed by atoms with Crippen molar-refractivity contribution in [2.24, 2.45) is 5.92 Å². The maximum Gasteiger partial charge on any atom is 0.217 e. The van der Waals surface area contributed by atoms with Crippen molar-refractivity contribution in [3.8, 4) is 0 Å². The monoisotopic (exact) mass is 359 g/mol. The Balaban J connectivity index is 2.57. The number of aliphatic hydroxyl groups excluding tert-OH is 1. The van der Waals surface area contributed by atoms with Crippen LogP contribution in [0, 0.1) is 11.7 Å². The zero-order chi connectivity index (χ0) is 15.6. The van der Waals surface area contributed by atoms with Gasteiger partial charge in [0.1, 0.15) is 5.82 Å². The van der Waals surface area contributed by atoms with E-state index in [1.165, 1.54) is 13.0 Å². The molecule has 1 aromatic carbocycles. The summed E-state index contributed by atoms with van der Waals surface area (Å²) in [5.74, 6) is -1.10. The molecule has 6 heteroatoms. The lowest BCUT2D eigenvalue weighted by Crippen LogP contribution is -2.53. The highest BCUT2D eigenvalue weighted by molar-refractivity contribution is 9.10. The van der Waals surface area contributed by atoms with Crippen molar-refractivity contribution >= 4 is 21.8 Å². The third-order valence-electron chi connectivity index (χ3n) is 4.01. The summed E-state index contributed by atoms with van der Waals surface area (Å²) in [6.45, 7) is 3.27. The van der Waals surface area contributed by atoms with Crippen LogP contribution in [0.1, 0.15) is 25.8 Å². The lowest BCUT2D eigenvalue weighted by Gasteiger charge is -2.35. The van der Waals surface area contributed by atoms with Gasteiger partial charge in [0, 0.05) is 22.9 Å². The van der Waals surface area contributed by atoms with Crippen LogP contribution in [0.15, 0.2) is 22.7 Å². The molecule has 21 heavy (non-hydrogen) atoms. The Morgan fingerprint density at radius 3 is 2.90 bits per heavy atom. The maximum absolute atomic E-state index is 14.3. The van der Waals surface area contributed by atoms with E-state index in [1.54, 1.807) is 12.1 Å². The minimum absolute atomic E-state index is 0.143. The summed E-state index contributed by atoms with van der Waals surface area (Å²) < 4.78 is 20.8. The van der Waals surface area contributed by atoms with Crippen molar-refractivity contribution in [1.29, 1.82) is 0 Å². The van der Waals surface area contributed by atoms with Gasteiger partial charge in [-0.3, -0.25) is 4.79 Å². The quantitative estimate of drug-likeness (QED) is 0.867. The van der Waals surface area contributed by atoms with Crippen molar-refractivity contribution in [2.45, 2.75) is 31.9 Å². The predicted molar refractivity (Wildman–Crippen MR) is 80.2 cm³/mol. The maximum atomic E-state index is 14.3. The average molecular weight is 360 g/mol. The third-order valence-corrected chi connectivity index (χ3v) is 4.51. The molecule has 1 fully saturated rings. The van der Waals surface area contributed by atoms with E-state index in [-0.39, 0.29) is 25.2 Å². The molecule has 0 spiro atoms. The number of ether oxygens (including phenoxy) is 1. The molecule has 1 aliphatic heterocycles. The molecular weight excluding hydrogens is 341 g/mol. The first-order valence-electron chi connectivity index (χ1n) is 6.91. The zero-order valence-electron chi connectivity index (χ0n) is 12.0. The van der Waals surface area contributed by atoms with Crippen LogP contribution in [0.3, 0.4) is 0 Å². The van der Waals surface area contributed by atoms with Crippen LogP contribution in [0.4, 0.5) is 4.39 Å². The first-order chi connectivity index (χ1) is 9.94.